The molecule has 0 heterocycles. The topological polar surface area (TPSA) is 131 Å². The summed E-state index contributed by atoms with van der Waals surface area (Å²) in [6, 6.07) is 3.75. The normalized spacial score (nSPS) is 13.7. The number of nitrogens with zero attached hydrogens (tertiary/aromatic N) is 1. The summed E-state index contributed by atoms with van der Waals surface area (Å²) >= 11 is 0. The van der Waals surface area contributed by atoms with Gasteiger partial charge in [0.05, 0.1) is 0 Å². The van der Waals surface area contributed by atoms with E-state index in [0.29, 0.717) is 13.0 Å². The smallest absolute Gasteiger partial charge is 0.408 e. The molecule has 0 aliphatic rings. The van der Waals surface area contributed by atoms with Gasteiger partial charge in [-0.3, -0.25) is 14.4 Å². The number of hydrogen-bond acceptors (Lipinski definition) is 5. The molecule has 1 aromatic carbocycles. The third-order valence-corrected chi connectivity index (χ3v) is 6.10. The van der Waals surface area contributed by atoms with Crippen molar-refractivity contribution in [3.05, 3.63) is 34.9 Å². The summed E-state index contributed by atoms with van der Waals surface area (Å²) in [5, 5.41) is 5.71. The Kier molecular flexibility index (Phi) is 13.3. The fourth-order valence-corrected chi connectivity index (χ4v) is 4.22. The summed E-state index contributed by atoms with van der Waals surface area (Å²) < 4.78 is 5.38. The van der Waals surface area contributed by atoms with Crippen LogP contribution in [-0.4, -0.2) is 52.9 Å². The van der Waals surface area contributed by atoms with Crippen LogP contribution in [0.15, 0.2) is 18.2 Å². The van der Waals surface area contributed by atoms with Crippen molar-refractivity contribution in [3.8, 4) is 0 Å². The van der Waals surface area contributed by atoms with Gasteiger partial charge < -0.3 is 26.0 Å². The van der Waals surface area contributed by atoms with Crippen LogP contribution in [0.3, 0.4) is 0 Å². The highest BCUT2D eigenvalue weighted by Crippen LogP contribution is 2.28. The first-order valence-electron chi connectivity index (χ1n) is 13.7. The number of hydrogen-bond donors (Lipinski definition) is 3. The number of aryl methyl sites for hydroxylation is 2. The Bertz CT molecular complexity index is 957. The van der Waals surface area contributed by atoms with Crippen LogP contribution in [0.1, 0.15) is 103 Å². The number of ether oxygens (including phenoxy) is 1. The zero-order valence-electron chi connectivity index (χ0n) is 24.5. The molecule has 9 heteroatoms. The number of carbonyl (C=O) groups is 4. The van der Waals surface area contributed by atoms with Crippen molar-refractivity contribution in [2.75, 3.05) is 6.54 Å². The van der Waals surface area contributed by atoms with E-state index in [4.69, 9.17) is 10.5 Å². The van der Waals surface area contributed by atoms with Crippen molar-refractivity contribution in [2.24, 2.45) is 5.73 Å². The standard InChI is InChI=1S/C29H48N4O5/c1-9-11-17-33(27(36)23(15-16-24(30)34)32-28(37)38-29(6,7)8)25(26(35)31-21(5)12-10-2)22-18-19(3)13-14-20(22)4/h13-14,18,21,23,25H,9-12,15-17H2,1-8H3,(H2,30,34)(H,31,35)(H,32,37). The van der Waals surface area contributed by atoms with E-state index in [2.05, 4.69) is 10.6 Å². The fraction of sp³-hybridized carbons (Fsp3) is 0.655. The van der Waals surface area contributed by atoms with Crippen LogP contribution in [0, 0.1) is 13.8 Å². The average Bonchev–Trinajstić information content (AvgIpc) is 2.79. The highest BCUT2D eigenvalue weighted by atomic mass is 16.6. The van der Waals surface area contributed by atoms with E-state index in [1.807, 2.05) is 52.8 Å². The van der Waals surface area contributed by atoms with Gasteiger partial charge in [0.1, 0.15) is 17.7 Å². The third kappa shape index (κ3) is 11.1. The van der Waals surface area contributed by atoms with Gasteiger partial charge in [0.25, 0.3) is 0 Å². The van der Waals surface area contributed by atoms with Gasteiger partial charge in [-0.25, -0.2) is 4.79 Å². The van der Waals surface area contributed by atoms with Gasteiger partial charge in [-0.05, 0) is 71.9 Å². The molecular formula is C29H48N4O5. The number of benzene rings is 1. The number of unbranched alkanes of at least 4 members (excludes halogenated alkanes) is 1. The van der Waals surface area contributed by atoms with Crippen LogP contribution in [0.4, 0.5) is 4.79 Å². The predicted octanol–water partition coefficient (Wildman–Crippen LogP) is 4.44. The van der Waals surface area contributed by atoms with Gasteiger partial charge in [0.15, 0.2) is 0 Å². The minimum absolute atomic E-state index is 0.0105. The van der Waals surface area contributed by atoms with Crippen LogP contribution < -0.4 is 16.4 Å². The molecule has 0 radical (unpaired) electrons. The molecule has 0 spiro atoms. The minimum Gasteiger partial charge on any atom is -0.444 e. The highest BCUT2D eigenvalue weighted by molar-refractivity contribution is 5.92. The van der Waals surface area contributed by atoms with E-state index in [1.165, 1.54) is 4.90 Å². The Balaban J connectivity index is 3.57. The quantitative estimate of drug-likeness (QED) is 0.326. The zero-order valence-corrected chi connectivity index (χ0v) is 24.5. The van der Waals surface area contributed by atoms with E-state index >= 15 is 0 Å². The van der Waals surface area contributed by atoms with Crippen molar-refractivity contribution in [3.63, 3.8) is 0 Å². The minimum atomic E-state index is -1.09. The lowest BCUT2D eigenvalue weighted by Gasteiger charge is -2.36. The van der Waals surface area contributed by atoms with E-state index < -0.39 is 35.6 Å². The van der Waals surface area contributed by atoms with Gasteiger partial charge in [0.2, 0.25) is 17.7 Å². The molecule has 9 nitrogen and oxygen atoms in total. The van der Waals surface area contributed by atoms with Crippen LogP contribution in [0.5, 0.6) is 0 Å². The Hall–Kier alpha value is -3.10. The number of nitrogens with one attached hydrogen (secondary N) is 2. The first-order valence-corrected chi connectivity index (χ1v) is 13.7. The van der Waals surface area contributed by atoms with Crippen molar-refractivity contribution in [2.45, 2.75) is 118 Å². The number of primary amides is 1. The number of rotatable bonds is 14. The van der Waals surface area contributed by atoms with Gasteiger partial charge in [-0.15, -0.1) is 0 Å². The average molecular weight is 533 g/mol. The lowest BCUT2D eigenvalue weighted by molar-refractivity contribution is -0.143. The molecule has 3 atom stereocenters. The highest BCUT2D eigenvalue weighted by Gasteiger charge is 2.37. The van der Waals surface area contributed by atoms with Crippen LogP contribution in [0.25, 0.3) is 0 Å². The lowest BCUT2D eigenvalue weighted by Crippen LogP contribution is -2.54. The molecule has 0 aliphatic heterocycles. The first kappa shape index (κ1) is 32.9. The molecule has 3 unspecified atom stereocenters. The Morgan fingerprint density at radius 3 is 2.24 bits per heavy atom. The maximum absolute atomic E-state index is 14.1. The largest absolute Gasteiger partial charge is 0.444 e. The Labute approximate surface area is 228 Å². The second-order valence-corrected chi connectivity index (χ2v) is 11.0. The summed E-state index contributed by atoms with van der Waals surface area (Å²) in [4.78, 5) is 53.7. The predicted molar refractivity (Wildman–Crippen MR) is 149 cm³/mol. The monoisotopic (exact) mass is 532 g/mol. The molecule has 0 saturated heterocycles. The Morgan fingerprint density at radius 2 is 1.68 bits per heavy atom. The number of amides is 4. The molecule has 4 amide bonds. The molecular weight excluding hydrogens is 484 g/mol. The second-order valence-electron chi connectivity index (χ2n) is 11.0. The van der Waals surface area contributed by atoms with Crippen molar-refractivity contribution in [1.29, 1.82) is 0 Å². The number of nitrogens with two attached hydrogens (primary N) is 1. The van der Waals surface area contributed by atoms with E-state index in [9.17, 15) is 19.2 Å². The maximum atomic E-state index is 14.1. The molecule has 1 aromatic rings. The zero-order chi connectivity index (χ0) is 29.0. The van der Waals surface area contributed by atoms with Gasteiger partial charge >= 0.3 is 6.09 Å². The maximum Gasteiger partial charge on any atom is 0.408 e. The molecule has 214 valence electrons. The molecule has 38 heavy (non-hydrogen) atoms. The number of carbonyl (C=O) groups excluding carboxylic acids is 4. The van der Waals surface area contributed by atoms with Crippen LogP contribution >= 0.6 is 0 Å². The summed E-state index contributed by atoms with van der Waals surface area (Å²) in [5.74, 6) is -1.34. The summed E-state index contributed by atoms with van der Waals surface area (Å²) in [5.41, 5.74) is 7.16. The molecule has 0 aromatic heterocycles. The Morgan fingerprint density at radius 1 is 1.03 bits per heavy atom. The van der Waals surface area contributed by atoms with E-state index in [-0.39, 0.29) is 24.8 Å². The SMILES string of the molecule is CCCCN(C(=O)C(CCC(N)=O)NC(=O)OC(C)(C)C)C(C(=O)NC(C)CCC)c1cc(C)ccc1C. The molecule has 0 fully saturated rings. The summed E-state index contributed by atoms with van der Waals surface area (Å²) in [6.45, 7) is 15.3. The molecule has 0 saturated carbocycles. The van der Waals surface area contributed by atoms with Crippen LogP contribution in [-0.2, 0) is 19.1 Å². The third-order valence-electron chi connectivity index (χ3n) is 6.10. The van der Waals surface area contributed by atoms with Crippen molar-refractivity contribution < 1.29 is 23.9 Å². The molecule has 0 aliphatic carbocycles. The lowest BCUT2D eigenvalue weighted by atomic mass is 9.95. The second kappa shape index (κ2) is 15.3. The number of alkyl carbamates (subject to hydrolysis) is 1. The fourth-order valence-electron chi connectivity index (χ4n) is 4.22. The molecule has 0 bridgehead atoms. The molecule has 4 N–H and O–H groups in total. The summed E-state index contributed by atoms with van der Waals surface area (Å²) in [6.07, 6.45) is 2.26. The van der Waals surface area contributed by atoms with Crippen molar-refractivity contribution in [1.82, 2.24) is 15.5 Å². The van der Waals surface area contributed by atoms with E-state index in [0.717, 1.165) is 36.0 Å². The van der Waals surface area contributed by atoms with Crippen LogP contribution in [0.2, 0.25) is 0 Å². The van der Waals surface area contributed by atoms with Gasteiger partial charge in [0, 0.05) is 19.0 Å². The van der Waals surface area contributed by atoms with Gasteiger partial charge in [-0.2, -0.15) is 0 Å². The van der Waals surface area contributed by atoms with Gasteiger partial charge in [-0.1, -0.05) is 50.5 Å². The molecule has 1 rings (SSSR count). The van der Waals surface area contributed by atoms with E-state index in [1.54, 1.807) is 20.8 Å². The van der Waals surface area contributed by atoms with Crippen molar-refractivity contribution >= 4 is 23.8 Å². The first-order chi connectivity index (χ1) is 17.7. The summed E-state index contributed by atoms with van der Waals surface area (Å²) in [7, 11) is 0.